The van der Waals surface area contributed by atoms with Crippen molar-refractivity contribution in [3.8, 4) is 0 Å². The van der Waals surface area contributed by atoms with Crippen LogP contribution in [-0.4, -0.2) is 18.4 Å². The van der Waals surface area contributed by atoms with Gasteiger partial charge in [-0.15, -0.1) is 0 Å². The molecule has 1 fully saturated rings. The number of hydrogen-bond donors (Lipinski definition) is 1. The van der Waals surface area contributed by atoms with Crippen molar-refractivity contribution in [2.24, 2.45) is 11.8 Å². The Morgan fingerprint density at radius 2 is 2.09 bits per heavy atom. The largest absolute Gasteiger partial charge is 0.326 e. The fourth-order valence-corrected chi connectivity index (χ4v) is 3.12. The van der Waals surface area contributed by atoms with Crippen molar-refractivity contribution in [1.29, 1.82) is 0 Å². The minimum Gasteiger partial charge on any atom is -0.326 e. The highest BCUT2D eigenvalue weighted by molar-refractivity contribution is 5.96. The van der Waals surface area contributed by atoms with E-state index in [1.807, 2.05) is 6.92 Å². The summed E-state index contributed by atoms with van der Waals surface area (Å²) in [6, 6.07) is 4.49. The van der Waals surface area contributed by atoms with Gasteiger partial charge in [-0.1, -0.05) is 20.8 Å². The Kier molecular flexibility index (Phi) is 5.74. The SMILES string of the molecule is CC(C)CC(C)CC(=O)Nc1ccc(N2CCCC2=O)c(F)c1. The Labute approximate surface area is 137 Å². The number of hydrogen-bond acceptors (Lipinski definition) is 2. The van der Waals surface area contributed by atoms with E-state index < -0.39 is 5.82 Å². The van der Waals surface area contributed by atoms with Crippen molar-refractivity contribution in [2.45, 2.75) is 46.5 Å². The van der Waals surface area contributed by atoms with Gasteiger partial charge >= 0.3 is 0 Å². The first-order valence-electron chi connectivity index (χ1n) is 8.26. The molecule has 5 heteroatoms. The summed E-state index contributed by atoms with van der Waals surface area (Å²) >= 11 is 0. The molecule has 1 saturated heterocycles. The molecule has 1 heterocycles. The van der Waals surface area contributed by atoms with Gasteiger partial charge in [0.25, 0.3) is 0 Å². The smallest absolute Gasteiger partial charge is 0.227 e. The fraction of sp³-hybridized carbons (Fsp3) is 0.556. The highest BCUT2D eigenvalue weighted by Gasteiger charge is 2.24. The number of amides is 2. The molecular weight excluding hydrogens is 295 g/mol. The Bertz CT molecular complexity index is 586. The first-order valence-corrected chi connectivity index (χ1v) is 8.26. The van der Waals surface area contributed by atoms with E-state index in [2.05, 4.69) is 19.2 Å². The van der Waals surface area contributed by atoms with Crippen LogP contribution in [0.5, 0.6) is 0 Å². The van der Waals surface area contributed by atoms with Crippen LogP contribution in [0.25, 0.3) is 0 Å². The standard InChI is InChI=1S/C18H25FN2O2/c1-12(2)9-13(3)10-17(22)20-14-6-7-16(15(19)11-14)21-8-4-5-18(21)23/h6-7,11-13H,4-5,8-10H2,1-3H3,(H,20,22). The number of anilines is 2. The van der Waals surface area contributed by atoms with Gasteiger partial charge in [-0.3, -0.25) is 9.59 Å². The summed E-state index contributed by atoms with van der Waals surface area (Å²) < 4.78 is 14.2. The topological polar surface area (TPSA) is 49.4 Å². The summed E-state index contributed by atoms with van der Waals surface area (Å²) in [5, 5.41) is 2.73. The Hall–Kier alpha value is -1.91. The van der Waals surface area contributed by atoms with Gasteiger partial charge in [0.15, 0.2) is 0 Å². The number of nitrogens with zero attached hydrogens (tertiary/aromatic N) is 1. The van der Waals surface area contributed by atoms with Gasteiger partial charge in [0.05, 0.1) is 5.69 Å². The second kappa shape index (κ2) is 7.57. The average Bonchev–Trinajstić information content (AvgIpc) is 2.83. The summed E-state index contributed by atoms with van der Waals surface area (Å²) in [6.45, 7) is 6.85. The molecule has 1 atom stereocenters. The molecule has 1 N–H and O–H groups in total. The van der Waals surface area contributed by atoms with Crippen LogP contribution in [0.4, 0.5) is 15.8 Å². The molecule has 126 valence electrons. The van der Waals surface area contributed by atoms with E-state index in [1.165, 1.54) is 11.0 Å². The maximum Gasteiger partial charge on any atom is 0.227 e. The van der Waals surface area contributed by atoms with Crippen LogP contribution in [0.15, 0.2) is 18.2 Å². The number of halogens is 1. The van der Waals surface area contributed by atoms with E-state index in [0.717, 1.165) is 12.8 Å². The third-order valence-corrected chi connectivity index (χ3v) is 4.00. The van der Waals surface area contributed by atoms with Crippen molar-refractivity contribution < 1.29 is 14.0 Å². The van der Waals surface area contributed by atoms with E-state index in [-0.39, 0.29) is 11.8 Å². The minimum absolute atomic E-state index is 0.0526. The van der Waals surface area contributed by atoms with Crippen LogP contribution in [0.1, 0.15) is 46.5 Å². The normalized spacial score (nSPS) is 16.0. The molecule has 23 heavy (non-hydrogen) atoms. The van der Waals surface area contributed by atoms with Crippen LogP contribution in [0.3, 0.4) is 0 Å². The van der Waals surface area contributed by atoms with Gasteiger partial charge in [0, 0.05) is 25.1 Å². The monoisotopic (exact) mass is 320 g/mol. The molecule has 4 nitrogen and oxygen atoms in total. The van der Waals surface area contributed by atoms with Crippen molar-refractivity contribution in [1.82, 2.24) is 0 Å². The Balaban J connectivity index is 1.97. The molecule has 1 aromatic rings. The average molecular weight is 320 g/mol. The molecule has 0 bridgehead atoms. The zero-order valence-electron chi connectivity index (χ0n) is 14.1. The van der Waals surface area contributed by atoms with Crippen molar-refractivity contribution in [2.75, 3.05) is 16.8 Å². The molecule has 1 aliphatic rings. The van der Waals surface area contributed by atoms with Gasteiger partial charge in [0.1, 0.15) is 5.82 Å². The van der Waals surface area contributed by atoms with Crippen LogP contribution < -0.4 is 10.2 Å². The fourth-order valence-electron chi connectivity index (χ4n) is 3.12. The van der Waals surface area contributed by atoms with Gasteiger partial charge in [-0.05, 0) is 42.9 Å². The quantitative estimate of drug-likeness (QED) is 0.862. The summed E-state index contributed by atoms with van der Waals surface area (Å²) in [7, 11) is 0. The molecule has 0 radical (unpaired) electrons. The van der Waals surface area contributed by atoms with Gasteiger partial charge in [-0.25, -0.2) is 4.39 Å². The van der Waals surface area contributed by atoms with Gasteiger partial charge in [-0.2, -0.15) is 0 Å². The number of benzene rings is 1. The van der Waals surface area contributed by atoms with Crippen LogP contribution in [-0.2, 0) is 9.59 Å². The molecule has 0 saturated carbocycles. The summed E-state index contributed by atoms with van der Waals surface area (Å²) in [5.41, 5.74) is 0.721. The lowest BCUT2D eigenvalue weighted by Gasteiger charge is -2.17. The lowest BCUT2D eigenvalue weighted by Crippen LogP contribution is -2.24. The molecule has 2 amide bonds. The lowest BCUT2D eigenvalue weighted by atomic mass is 9.96. The van der Waals surface area contributed by atoms with E-state index in [1.54, 1.807) is 12.1 Å². The molecule has 1 aromatic carbocycles. The van der Waals surface area contributed by atoms with Crippen LogP contribution in [0.2, 0.25) is 0 Å². The van der Waals surface area contributed by atoms with Crippen LogP contribution in [0, 0.1) is 17.7 Å². The van der Waals surface area contributed by atoms with Crippen LogP contribution >= 0.6 is 0 Å². The number of carbonyl (C=O) groups excluding carboxylic acids is 2. The van der Waals surface area contributed by atoms with Gasteiger partial charge in [0.2, 0.25) is 11.8 Å². The van der Waals surface area contributed by atoms with Crippen molar-refractivity contribution in [3.63, 3.8) is 0 Å². The Morgan fingerprint density at radius 1 is 1.35 bits per heavy atom. The Morgan fingerprint density at radius 3 is 2.65 bits per heavy atom. The van der Waals surface area contributed by atoms with E-state index >= 15 is 0 Å². The second-order valence-electron chi connectivity index (χ2n) is 6.80. The maximum absolute atomic E-state index is 14.2. The second-order valence-corrected chi connectivity index (χ2v) is 6.80. The molecule has 0 aromatic heterocycles. The third-order valence-electron chi connectivity index (χ3n) is 4.00. The number of carbonyl (C=O) groups is 2. The summed E-state index contributed by atoms with van der Waals surface area (Å²) in [5.74, 6) is 0.202. The summed E-state index contributed by atoms with van der Waals surface area (Å²) in [4.78, 5) is 25.2. The number of rotatable bonds is 6. The van der Waals surface area contributed by atoms with E-state index in [4.69, 9.17) is 0 Å². The summed E-state index contributed by atoms with van der Waals surface area (Å²) in [6.07, 6.45) is 2.63. The molecule has 1 aliphatic heterocycles. The van der Waals surface area contributed by atoms with Crippen molar-refractivity contribution >= 4 is 23.2 Å². The minimum atomic E-state index is -0.478. The highest BCUT2D eigenvalue weighted by atomic mass is 19.1. The molecule has 0 aliphatic carbocycles. The first kappa shape index (κ1) is 17.4. The predicted molar refractivity (Wildman–Crippen MR) is 89.9 cm³/mol. The maximum atomic E-state index is 14.2. The zero-order valence-corrected chi connectivity index (χ0v) is 14.1. The van der Waals surface area contributed by atoms with Crippen molar-refractivity contribution in [3.05, 3.63) is 24.0 Å². The lowest BCUT2D eigenvalue weighted by molar-refractivity contribution is -0.117. The van der Waals surface area contributed by atoms with E-state index in [9.17, 15) is 14.0 Å². The molecule has 2 rings (SSSR count). The molecule has 1 unspecified atom stereocenters. The molecular formula is C18H25FN2O2. The zero-order chi connectivity index (χ0) is 17.0. The van der Waals surface area contributed by atoms with Gasteiger partial charge < -0.3 is 10.2 Å². The third kappa shape index (κ3) is 4.78. The predicted octanol–water partition coefficient (Wildman–Crippen LogP) is 3.96. The number of nitrogens with one attached hydrogen (secondary N) is 1. The highest BCUT2D eigenvalue weighted by Crippen LogP contribution is 2.27. The van der Waals surface area contributed by atoms with E-state index in [0.29, 0.717) is 42.6 Å². The molecule has 0 spiro atoms. The first-order chi connectivity index (χ1) is 10.9.